The summed E-state index contributed by atoms with van der Waals surface area (Å²) in [6, 6.07) is 3.48. The molecular weight excluding hydrogens is 316 g/mol. The van der Waals surface area contributed by atoms with E-state index in [-0.39, 0.29) is 5.97 Å². The van der Waals surface area contributed by atoms with Crippen molar-refractivity contribution in [3.05, 3.63) is 22.2 Å². The van der Waals surface area contributed by atoms with Crippen molar-refractivity contribution in [3.63, 3.8) is 0 Å². The second-order valence-corrected chi connectivity index (χ2v) is 5.76. The molecule has 0 amide bonds. The van der Waals surface area contributed by atoms with E-state index in [2.05, 4.69) is 27.8 Å². The fraction of sp³-hybridized carbons (Fsp3) is 0.333. The number of carbonyl (C=O) groups excluding carboxylic acids is 1. The van der Waals surface area contributed by atoms with Gasteiger partial charge in [0, 0.05) is 4.47 Å². The zero-order chi connectivity index (χ0) is 13.1. The Morgan fingerprint density at radius 1 is 1.56 bits per heavy atom. The molecule has 0 bridgehead atoms. The Bertz CT molecular complexity index is 583. The number of fused-ring (bicyclic) bond motifs is 1. The van der Waals surface area contributed by atoms with Gasteiger partial charge in [0.05, 0.1) is 22.4 Å². The summed E-state index contributed by atoms with van der Waals surface area (Å²) >= 11 is 4.75. The summed E-state index contributed by atoms with van der Waals surface area (Å²) in [5.74, 6) is -0.307. The summed E-state index contributed by atoms with van der Waals surface area (Å²) in [6.07, 6.45) is 1.88. The molecular formula is C12H13BrN2O2S. The molecule has 2 aromatic rings. The van der Waals surface area contributed by atoms with E-state index in [1.54, 1.807) is 12.1 Å². The van der Waals surface area contributed by atoms with Crippen molar-refractivity contribution in [2.24, 2.45) is 0 Å². The van der Waals surface area contributed by atoms with E-state index >= 15 is 0 Å². The lowest BCUT2D eigenvalue weighted by molar-refractivity contribution is 0.0500. The highest BCUT2D eigenvalue weighted by Crippen LogP contribution is 2.31. The van der Waals surface area contributed by atoms with Gasteiger partial charge < -0.3 is 10.5 Å². The zero-order valence-corrected chi connectivity index (χ0v) is 12.3. The fourth-order valence-electron chi connectivity index (χ4n) is 1.52. The van der Waals surface area contributed by atoms with Crippen molar-refractivity contribution < 1.29 is 9.53 Å². The van der Waals surface area contributed by atoms with Gasteiger partial charge in [-0.25, -0.2) is 9.78 Å². The van der Waals surface area contributed by atoms with Crippen LogP contribution in [0.3, 0.4) is 0 Å². The predicted octanol–water partition coefficient (Wildman–Crippen LogP) is 3.60. The first-order valence-corrected chi connectivity index (χ1v) is 7.25. The molecule has 18 heavy (non-hydrogen) atoms. The van der Waals surface area contributed by atoms with Crippen molar-refractivity contribution in [1.82, 2.24) is 4.98 Å². The average Bonchev–Trinajstić information content (AvgIpc) is 2.70. The summed E-state index contributed by atoms with van der Waals surface area (Å²) < 4.78 is 6.81. The Balaban J connectivity index is 2.25. The molecule has 0 aliphatic heterocycles. The first kappa shape index (κ1) is 13.3. The van der Waals surface area contributed by atoms with Crippen LogP contribution in [-0.4, -0.2) is 17.6 Å². The van der Waals surface area contributed by atoms with Crippen molar-refractivity contribution in [3.8, 4) is 0 Å². The molecule has 0 radical (unpaired) electrons. The van der Waals surface area contributed by atoms with Crippen LogP contribution >= 0.6 is 27.3 Å². The van der Waals surface area contributed by atoms with Gasteiger partial charge in [0.2, 0.25) is 0 Å². The molecule has 0 spiro atoms. The quantitative estimate of drug-likeness (QED) is 0.687. The molecule has 0 aliphatic rings. The summed E-state index contributed by atoms with van der Waals surface area (Å²) in [5, 5.41) is 0.488. The molecule has 0 saturated carbocycles. The fourth-order valence-corrected chi connectivity index (χ4v) is 3.00. The van der Waals surface area contributed by atoms with E-state index in [1.807, 2.05) is 0 Å². The van der Waals surface area contributed by atoms with Gasteiger partial charge in [-0.1, -0.05) is 24.7 Å². The Hall–Kier alpha value is -1.14. The molecule has 2 rings (SSSR count). The number of anilines is 1. The lowest BCUT2D eigenvalue weighted by Gasteiger charge is -2.04. The van der Waals surface area contributed by atoms with Crippen LogP contribution in [0.5, 0.6) is 0 Å². The number of benzene rings is 1. The number of ether oxygens (including phenoxy) is 1. The lowest BCUT2D eigenvalue weighted by atomic mass is 10.2. The molecule has 0 atom stereocenters. The number of thiazole rings is 1. The molecule has 1 aromatic heterocycles. The third-order valence-corrected chi connectivity index (χ3v) is 3.87. The molecule has 4 nitrogen and oxygen atoms in total. The van der Waals surface area contributed by atoms with Crippen LogP contribution in [0.4, 0.5) is 5.13 Å². The highest BCUT2D eigenvalue weighted by Gasteiger charge is 2.13. The Morgan fingerprint density at radius 3 is 3.06 bits per heavy atom. The number of rotatable bonds is 4. The van der Waals surface area contributed by atoms with Gasteiger partial charge >= 0.3 is 5.97 Å². The number of nitrogen functional groups attached to an aromatic ring is 1. The zero-order valence-electron chi connectivity index (χ0n) is 9.90. The maximum Gasteiger partial charge on any atom is 0.338 e. The third kappa shape index (κ3) is 2.81. The first-order valence-electron chi connectivity index (χ1n) is 5.64. The van der Waals surface area contributed by atoms with Gasteiger partial charge in [-0.2, -0.15) is 0 Å². The minimum Gasteiger partial charge on any atom is -0.462 e. The second-order valence-electron chi connectivity index (χ2n) is 3.85. The highest BCUT2D eigenvalue weighted by molar-refractivity contribution is 9.10. The topological polar surface area (TPSA) is 65.2 Å². The van der Waals surface area contributed by atoms with Crippen molar-refractivity contribution in [2.75, 3.05) is 12.3 Å². The monoisotopic (exact) mass is 328 g/mol. The minimum atomic E-state index is -0.307. The van der Waals surface area contributed by atoms with Crippen LogP contribution in [0.15, 0.2) is 16.6 Å². The molecule has 0 unspecified atom stereocenters. The molecule has 0 aliphatic carbocycles. The van der Waals surface area contributed by atoms with E-state index in [0.29, 0.717) is 17.3 Å². The number of carbonyl (C=O) groups is 1. The molecule has 6 heteroatoms. The Labute approximate surface area is 117 Å². The summed E-state index contributed by atoms with van der Waals surface area (Å²) in [5.41, 5.74) is 6.96. The summed E-state index contributed by atoms with van der Waals surface area (Å²) in [6.45, 7) is 2.51. The molecule has 1 heterocycles. The van der Waals surface area contributed by atoms with E-state index in [4.69, 9.17) is 10.5 Å². The van der Waals surface area contributed by atoms with Gasteiger partial charge in [-0.3, -0.25) is 0 Å². The highest BCUT2D eigenvalue weighted by atomic mass is 79.9. The van der Waals surface area contributed by atoms with Crippen molar-refractivity contribution in [2.45, 2.75) is 19.8 Å². The number of nitrogens with zero attached hydrogens (tertiary/aromatic N) is 1. The number of hydrogen-bond acceptors (Lipinski definition) is 5. The van der Waals surface area contributed by atoms with E-state index in [9.17, 15) is 4.79 Å². The Morgan fingerprint density at radius 2 is 2.33 bits per heavy atom. The number of esters is 1. The van der Waals surface area contributed by atoms with Gasteiger partial charge in [-0.15, -0.1) is 0 Å². The van der Waals surface area contributed by atoms with Crippen LogP contribution in [-0.2, 0) is 4.74 Å². The van der Waals surface area contributed by atoms with Crippen LogP contribution in [0.1, 0.15) is 30.1 Å². The molecule has 96 valence electrons. The minimum absolute atomic E-state index is 0.307. The van der Waals surface area contributed by atoms with E-state index in [1.165, 1.54) is 11.3 Å². The summed E-state index contributed by atoms with van der Waals surface area (Å²) in [7, 11) is 0. The van der Waals surface area contributed by atoms with Gasteiger partial charge in [0.1, 0.15) is 0 Å². The van der Waals surface area contributed by atoms with Gasteiger partial charge in [-0.05, 0) is 34.5 Å². The van der Waals surface area contributed by atoms with E-state index < -0.39 is 0 Å². The largest absolute Gasteiger partial charge is 0.462 e. The number of nitrogens with two attached hydrogens (primary N) is 1. The first-order chi connectivity index (χ1) is 8.61. The molecule has 0 fully saturated rings. The van der Waals surface area contributed by atoms with Crippen molar-refractivity contribution in [1.29, 1.82) is 0 Å². The SMILES string of the molecule is CCCCOC(=O)c1cc(Br)c2nc(N)sc2c1. The molecule has 1 aromatic carbocycles. The maximum absolute atomic E-state index is 11.8. The number of halogens is 1. The van der Waals surface area contributed by atoms with Gasteiger partial charge in [0.25, 0.3) is 0 Å². The summed E-state index contributed by atoms with van der Waals surface area (Å²) in [4.78, 5) is 16.0. The predicted molar refractivity (Wildman–Crippen MR) is 76.9 cm³/mol. The van der Waals surface area contributed by atoms with Crippen LogP contribution in [0.25, 0.3) is 10.2 Å². The molecule has 0 saturated heterocycles. The molecule has 2 N–H and O–H groups in total. The lowest BCUT2D eigenvalue weighted by Crippen LogP contribution is -2.06. The third-order valence-electron chi connectivity index (χ3n) is 2.43. The van der Waals surface area contributed by atoms with Crippen LogP contribution in [0.2, 0.25) is 0 Å². The number of unbranched alkanes of at least 4 members (excludes halogenated alkanes) is 1. The number of aromatic nitrogens is 1. The average molecular weight is 329 g/mol. The van der Waals surface area contributed by atoms with Crippen molar-refractivity contribution >= 4 is 48.6 Å². The standard InChI is InChI=1S/C12H13BrN2O2S/c1-2-3-4-17-11(16)7-5-8(13)10-9(6-7)18-12(14)15-10/h5-6H,2-4H2,1H3,(H2,14,15). The number of hydrogen-bond donors (Lipinski definition) is 1. The second kappa shape index (κ2) is 5.67. The maximum atomic E-state index is 11.8. The Kier molecular flexibility index (Phi) is 4.19. The van der Waals surface area contributed by atoms with Crippen LogP contribution < -0.4 is 5.73 Å². The normalized spacial score (nSPS) is 10.8. The smallest absolute Gasteiger partial charge is 0.338 e. The van der Waals surface area contributed by atoms with Crippen LogP contribution in [0, 0.1) is 0 Å². The van der Waals surface area contributed by atoms with E-state index in [0.717, 1.165) is 27.5 Å². The van der Waals surface area contributed by atoms with Gasteiger partial charge in [0.15, 0.2) is 5.13 Å².